The van der Waals surface area contributed by atoms with Gasteiger partial charge >= 0.3 is 0 Å². The van der Waals surface area contributed by atoms with Crippen LogP contribution in [0.2, 0.25) is 0 Å². The molecule has 1 aliphatic rings. The zero-order valence-corrected chi connectivity index (χ0v) is 17.2. The topological polar surface area (TPSA) is 72.1 Å². The quantitative estimate of drug-likeness (QED) is 0.606. The minimum absolute atomic E-state index is 0.0875. The van der Waals surface area contributed by atoms with Crippen LogP contribution in [-0.2, 0) is 22.4 Å². The first-order chi connectivity index (χ1) is 14.7. The first-order valence-electron chi connectivity index (χ1n) is 10.4. The van der Waals surface area contributed by atoms with Crippen LogP contribution in [0.1, 0.15) is 46.4 Å². The smallest absolute Gasteiger partial charge is 0.165 e. The van der Waals surface area contributed by atoms with E-state index in [-0.39, 0.29) is 24.1 Å². The van der Waals surface area contributed by atoms with Crippen molar-refractivity contribution in [3.8, 4) is 11.3 Å². The molecule has 4 rings (SSSR count). The number of methoxy groups -OCH3 is 1. The molecular weight excluding hydrogens is 376 g/mol. The van der Waals surface area contributed by atoms with Gasteiger partial charge in [-0.15, -0.1) is 0 Å². The monoisotopic (exact) mass is 402 g/mol. The number of pyridine rings is 1. The number of Topliss-reactive ketones (excluding diaryl/α,β-unsaturated/α-hetero) is 2. The lowest BCUT2D eigenvalue weighted by molar-refractivity contribution is -0.122. The van der Waals surface area contributed by atoms with Crippen LogP contribution in [0.4, 0.5) is 0 Å². The Bertz CT molecular complexity index is 1030. The maximum Gasteiger partial charge on any atom is 0.165 e. The van der Waals surface area contributed by atoms with Crippen molar-refractivity contribution in [1.29, 1.82) is 0 Å². The normalized spacial score (nSPS) is 15.8. The Morgan fingerprint density at radius 3 is 2.63 bits per heavy atom. The van der Waals surface area contributed by atoms with Crippen LogP contribution in [0.5, 0.6) is 0 Å². The number of hydrogen-bond acceptors (Lipinski definition) is 4. The number of H-pyrrole nitrogens is 1. The van der Waals surface area contributed by atoms with Crippen molar-refractivity contribution >= 4 is 11.6 Å². The number of carbonyl (C=O) groups excluding carboxylic acids is 2. The standard InChI is InChI=1S/C25H26N2O3/c1-30-16-20(28)8-7-18-14-22-24(23(29)15-18)21(13-17-5-3-2-4-6-17)25(27-22)19-9-11-26-12-10-19/h2-6,9-12,18,27H,7-8,13-16H2,1H3. The number of carbonyl (C=O) groups is 2. The van der Waals surface area contributed by atoms with Crippen LogP contribution in [0, 0.1) is 5.92 Å². The fraction of sp³-hybridized carbons (Fsp3) is 0.320. The van der Waals surface area contributed by atoms with Gasteiger partial charge in [0.05, 0.1) is 5.69 Å². The zero-order valence-electron chi connectivity index (χ0n) is 17.2. The Morgan fingerprint density at radius 1 is 1.13 bits per heavy atom. The van der Waals surface area contributed by atoms with Crippen molar-refractivity contribution in [2.24, 2.45) is 5.92 Å². The molecule has 5 nitrogen and oxygen atoms in total. The molecule has 5 heteroatoms. The van der Waals surface area contributed by atoms with Crippen LogP contribution in [0.3, 0.4) is 0 Å². The molecule has 154 valence electrons. The van der Waals surface area contributed by atoms with Gasteiger partial charge in [-0.3, -0.25) is 14.6 Å². The highest BCUT2D eigenvalue weighted by Crippen LogP contribution is 2.37. The summed E-state index contributed by atoms with van der Waals surface area (Å²) < 4.78 is 4.92. The van der Waals surface area contributed by atoms with E-state index in [4.69, 9.17) is 4.74 Å². The summed E-state index contributed by atoms with van der Waals surface area (Å²) in [5.74, 6) is 0.437. The van der Waals surface area contributed by atoms with Crippen molar-refractivity contribution in [2.75, 3.05) is 13.7 Å². The molecule has 0 aliphatic heterocycles. The second-order valence-corrected chi connectivity index (χ2v) is 7.94. The van der Waals surface area contributed by atoms with Crippen molar-refractivity contribution in [3.05, 3.63) is 77.2 Å². The van der Waals surface area contributed by atoms with Gasteiger partial charge in [0, 0.05) is 55.6 Å². The second kappa shape index (κ2) is 9.18. The lowest BCUT2D eigenvalue weighted by Gasteiger charge is -2.21. The van der Waals surface area contributed by atoms with Crippen molar-refractivity contribution in [3.63, 3.8) is 0 Å². The van der Waals surface area contributed by atoms with Crippen LogP contribution in [-0.4, -0.2) is 35.3 Å². The third-order valence-electron chi connectivity index (χ3n) is 5.76. The summed E-state index contributed by atoms with van der Waals surface area (Å²) in [5.41, 5.74) is 6.09. The van der Waals surface area contributed by atoms with Crippen molar-refractivity contribution in [2.45, 2.75) is 32.1 Å². The molecular formula is C25H26N2O3. The molecule has 2 aromatic heterocycles. The Kier molecular flexibility index (Phi) is 6.19. The van der Waals surface area contributed by atoms with E-state index in [9.17, 15) is 9.59 Å². The first kappa shape index (κ1) is 20.2. The molecule has 0 saturated heterocycles. The van der Waals surface area contributed by atoms with Crippen molar-refractivity contribution < 1.29 is 14.3 Å². The number of ether oxygens (including phenoxy) is 1. The van der Waals surface area contributed by atoms with Gasteiger partial charge in [0.25, 0.3) is 0 Å². The molecule has 0 radical (unpaired) electrons. The van der Waals surface area contributed by atoms with E-state index >= 15 is 0 Å². The summed E-state index contributed by atoms with van der Waals surface area (Å²) in [6.07, 6.45) is 6.69. The second-order valence-electron chi connectivity index (χ2n) is 7.94. The van der Waals surface area contributed by atoms with Gasteiger partial charge in [-0.05, 0) is 42.0 Å². The molecule has 0 bridgehead atoms. The van der Waals surface area contributed by atoms with Crippen molar-refractivity contribution in [1.82, 2.24) is 9.97 Å². The molecule has 0 spiro atoms. The number of nitrogens with one attached hydrogen (secondary N) is 1. The van der Waals surface area contributed by atoms with Gasteiger partial charge in [0.15, 0.2) is 11.6 Å². The molecule has 0 amide bonds. The number of benzene rings is 1. The summed E-state index contributed by atoms with van der Waals surface area (Å²) in [6.45, 7) is 0.141. The highest BCUT2D eigenvalue weighted by molar-refractivity contribution is 6.02. The molecule has 1 aromatic carbocycles. The molecule has 0 fully saturated rings. The van der Waals surface area contributed by atoms with Crippen LogP contribution in [0.15, 0.2) is 54.9 Å². The van der Waals surface area contributed by atoms with Gasteiger partial charge < -0.3 is 9.72 Å². The largest absolute Gasteiger partial charge is 0.377 e. The predicted octanol–water partition coefficient (Wildman–Crippen LogP) is 4.41. The van der Waals surface area contributed by atoms with Gasteiger partial charge in [0.1, 0.15) is 6.61 Å². The molecule has 0 saturated carbocycles. The number of nitrogens with zero attached hydrogens (tertiary/aromatic N) is 1. The molecule has 3 aromatic rings. The van der Waals surface area contributed by atoms with E-state index < -0.39 is 0 Å². The average Bonchev–Trinajstić information content (AvgIpc) is 3.12. The summed E-state index contributed by atoms with van der Waals surface area (Å²) >= 11 is 0. The van der Waals surface area contributed by atoms with Gasteiger partial charge in [0.2, 0.25) is 0 Å². The predicted molar refractivity (Wildman–Crippen MR) is 116 cm³/mol. The highest BCUT2D eigenvalue weighted by atomic mass is 16.5. The Labute approximate surface area is 176 Å². The third kappa shape index (κ3) is 4.41. The maximum atomic E-state index is 13.2. The van der Waals surface area contributed by atoms with E-state index in [1.54, 1.807) is 12.4 Å². The number of aromatic nitrogens is 2. The van der Waals surface area contributed by atoms with Crippen LogP contribution < -0.4 is 0 Å². The molecule has 1 unspecified atom stereocenters. The molecule has 1 N–H and O–H groups in total. The lowest BCUT2D eigenvalue weighted by atomic mass is 9.81. The van der Waals surface area contributed by atoms with E-state index in [2.05, 4.69) is 22.1 Å². The minimum atomic E-state index is 0.0875. The Balaban J connectivity index is 1.66. The molecule has 1 atom stereocenters. The highest BCUT2D eigenvalue weighted by Gasteiger charge is 2.31. The Morgan fingerprint density at radius 2 is 1.90 bits per heavy atom. The number of rotatable bonds is 8. The van der Waals surface area contributed by atoms with Gasteiger partial charge in [-0.1, -0.05) is 30.3 Å². The van der Waals surface area contributed by atoms with Gasteiger partial charge in [-0.2, -0.15) is 0 Å². The van der Waals surface area contributed by atoms with Crippen LogP contribution >= 0.6 is 0 Å². The summed E-state index contributed by atoms with van der Waals surface area (Å²) in [5, 5.41) is 0. The molecule has 2 heterocycles. The minimum Gasteiger partial charge on any atom is -0.377 e. The number of aromatic amines is 1. The summed E-state index contributed by atoms with van der Waals surface area (Å²) in [6, 6.07) is 14.2. The van der Waals surface area contributed by atoms with E-state index in [1.165, 1.54) is 12.7 Å². The summed E-state index contributed by atoms with van der Waals surface area (Å²) in [4.78, 5) is 32.7. The van der Waals surface area contributed by atoms with E-state index in [1.807, 2.05) is 30.3 Å². The third-order valence-corrected chi connectivity index (χ3v) is 5.76. The fourth-order valence-electron chi connectivity index (χ4n) is 4.35. The average molecular weight is 402 g/mol. The first-order valence-corrected chi connectivity index (χ1v) is 10.4. The molecule has 30 heavy (non-hydrogen) atoms. The van der Waals surface area contributed by atoms with E-state index in [0.29, 0.717) is 25.7 Å². The maximum absolute atomic E-state index is 13.2. The molecule has 1 aliphatic carbocycles. The number of fused-ring (bicyclic) bond motifs is 1. The number of ketones is 2. The fourth-order valence-corrected chi connectivity index (χ4v) is 4.35. The SMILES string of the molecule is COCC(=O)CCC1CC(=O)c2c([nH]c(-c3ccncc3)c2Cc2ccccc2)C1. The Hall–Kier alpha value is -3.05. The zero-order chi connectivity index (χ0) is 20.9. The summed E-state index contributed by atoms with van der Waals surface area (Å²) in [7, 11) is 1.53. The van der Waals surface area contributed by atoms with E-state index in [0.717, 1.165) is 34.5 Å². The number of hydrogen-bond donors (Lipinski definition) is 1. The lowest BCUT2D eigenvalue weighted by Crippen LogP contribution is -2.21. The van der Waals surface area contributed by atoms with Gasteiger partial charge in [-0.25, -0.2) is 0 Å². The van der Waals surface area contributed by atoms with Crippen LogP contribution in [0.25, 0.3) is 11.3 Å².